The van der Waals surface area contributed by atoms with Crippen LogP contribution in [0.1, 0.15) is 11.3 Å². The van der Waals surface area contributed by atoms with Gasteiger partial charge in [-0.05, 0) is 54.1 Å². The smallest absolute Gasteiger partial charge is 0.248 e. The number of rotatable bonds is 8. The molecule has 2 aromatic carbocycles. The van der Waals surface area contributed by atoms with Gasteiger partial charge >= 0.3 is 0 Å². The van der Waals surface area contributed by atoms with E-state index in [1.165, 1.54) is 31.6 Å². The number of sulfonamides is 1. The van der Waals surface area contributed by atoms with Gasteiger partial charge in [0.2, 0.25) is 15.9 Å². The maximum atomic E-state index is 12.3. The van der Waals surface area contributed by atoms with Crippen LogP contribution in [0.15, 0.2) is 76.2 Å². The zero-order chi connectivity index (χ0) is 21.6. The molecule has 0 bridgehead atoms. The van der Waals surface area contributed by atoms with Gasteiger partial charge in [0.25, 0.3) is 0 Å². The number of carbonyl (C=O) groups is 1. The second-order valence-corrected chi connectivity index (χ2v) is 8.34. The molecule has 156 valence electrons. The zero-order valence-electron chi connectivity index (χ0n) is 16.0. The molecule has 0 aliphatic rings. The molecule has 30 heavy (non-hydrogen) atoms. The summed E-state index contributed by atoms with van der Waals surface area (Å²) in [6, 6.07) is 14.4. The van der Waals surface area contributed by atoms with Gasteiger partial charge in [-0.15, -0.1) is 0 Å². The quantitative estimate of drug-likeness (QED) is 0.508. The Hall–Kier alpha value is -3.07. The van der Waals surface area contributed by atoms with Gasteiger partial charge in [0, 0.05) is 11.1 Å². The van der Waals surface area contributed by atoms with E-state index < -0.39 is 10.0 Å². The largest absolute Gasteiger partial charge is 0.495 e. The van der Waals surface area contributed by atoms with Gasteiger partial charge < -0.3 is 14.5 Å². The van der Waals surface area contributed by atoms with E-state index in [2.05, 4.69) is 10.0 Å². The zero-order valence-corrected chi connectivity index (χ0v) is 17.5. The molecule has 0 aliphatic carbocycles. The Balaban J connectivity index is 1.63. The highest BCUT2D eigenvalue weighted by atomic mass is 35.5. The third kappa shape index (κ3) is 5.73. The van der Waals surface area contributed by atoms with Gasteiger partial charge in [0.15, 0.2) is 0 Å². The Kier molecular flexibility index (Phi) is 6.94. The van der Waals surface area contributed by atoms with E-state index in [0.29, 0.717) is 27.8 Å². The SMILES string of the molecule is COc1ccc(Cl)cc1NC(=O)/C=C/c1ccc(S(=O)(=O)NCc2ccco2)cc1. The Labute approximate surface area is 179 Å². The highest BCUT2D eigenvalue weighted by Crippen LogP contribution is 2.27. The molecule has 3 rings (SSSR count). The summed E-state index contributed by atoms with van der Waals surface area (Å²) >= 11 is 5.95. The molecule has 0 radical (unpaired) electrons. The number of hydrogen-bond acceptors (Lipinski definition) is 5. The summed E-state index contributed by atoms with van der Waals surface area (Å²) < 4.78 is 37.4. The first-order chi connectivity index (χ1) is 14.4. The van der Waals surface area contributed by atoms with Crippen LogP contribution < -0.4 is 14.8 Å². The van der Waals surface area contributed by atoms with Crippen LogP contribution >= 0.6 is 11.6 Å². The van der Waals surface area contributed by atoms with Crippen molar-refractivity contribution in [2.45, 2.75) is 11.4 Å². The molecule has 3 aromatic rings. The highest BCUT2D eigenvalue weighted by molar-refractivity contribution is 7.89. The van der Waals surface area contributed by atoms with Crippen molar-refractivity contribution in [3.63, 3.8) is 0 Å². The molecule has 0 saturated carbocycles. The summed E-state index contributed by atoms with van der Waals surface area (Å²) in [5.41, 5.74) is 1.11. The summed E-state index contributed by atoms with van der Waals surface area (Å²) in [6.45, 7) is 0.0596. The molecular weight excluding hydrogens is 428 g/mol. The minimum Gasteiger partial charge on any atom is -0.495 e. The van der Waals surface area contributed by atoms with Crippen LogP contribution in [-0.4, -0.2) is 21.4 Å². The predicted octanol–water partition coefficient (Wildman–Crippen LogP) is 4.07. The van der Waals surface area contributed by atoms with Crippen molar-refractivity contribution in [2.75, 3.05) is 12.4 Å². The van der Waals surface area contributed by atoms with Crippen LogP contribution in [0.4, 0.5) is 5.69 Å². The summed E-state index contributed by atoms with van der Waals surface area (Å²) in [4.78, 5) is 12.3. The number of methoxy groups -OCH3 is 1. The standard InChI is InChI=1S/C21H19ClN2O5S/c1-28-20-10-7-16(22)13-19(20)24-21(25)11-6-15-4-8-18(9-5-15)30(26,27)23-14-17-3-2-12-29-17/h2-13,23H,14H2,1H3,(H,24,25)/b11-6+. The highest BCUT2D eigenvalue weighted by Gasteiger charge is 2.14. The molecule has 0 atom stereocenters. The molecule has 0 aliphatic heterocycles. The number of ether oxygens (including phenoxy) is 1. The molecule has 1 heterocycles. The van der Waals surface area contributed by atoms with Gasteiger partial charge in [0.05, 0.1) is 30.5 Å². The fourth-order valence-corrected chi connectivity index (χ4v) is 3.71. The summed E-state index contributed by atoms with van der Waals surface area (Å²) in [7, 11) is -2.18. The fourth-order valence-electron chi connectivity index (χ4n) is 2.54. The molecule has 9 heteroatoms. The molecule has 7 nitrogen and oxygen atoms in total. The first-order valence-corrected chi connectivity index (χ1v) is 10.7. The summed E-state index contributed by atoms with van der Waals surface area (Å²) in [5.74, 6) is 0.616. The number of nitrogens with one attached hydrogen (secondary N) is 2. The van der Waals surface area contributed by atoms with Crippen LogP contribution in [0.5, 0.6) is 5.75 Å². The average Bonchev–Trinajstić information content (AvgIpc) is 3.25. The Morgan fingerprint density at radius 1 is 1.17 bits per heavy atom. The van der Waals surface area contributed by atoms with Crippen molar-refractivity contribution >= 4 is 39.3 Å². The first kappa shape index (κ1) is 21.6. The Morgan fingerprint density at radius 2 is 1.93 bits per heavy atom. The van der Waals surface area contributed by atoms with Crippen LogP contribution in [0.25, 0.3) is 6.08 Å². The minimum atomic E-state index is -3.68. The molecular formula is C21H19ClN2O5S. The van der Waals surface area contributed by atoms with E-state index in [9.17, 15) is 13.2 Å². The van der Waals surface area contributed by atoms with Crippen molar-refractivity contribution in [3.8, 4) is 5.75 Å². The Bertz CT molecular complexity index is 1140. The lowest BCUT2D eigenvalue weighted by Gasteiger charge is -2.09. The third-order valence-corrected chi connectivity index (χ3v) is 5.71. The van der Waals surface area contributed by atoms with Gasteiger partial charge in [-0.1, -0.05) is 23.7 Å². The van der Waals surface area contributed by atoms with Crippen molar-refractivity contribution in [1.29, 1.82) is 0 Å². The first-order valence-electron chi connectivity index (χ1n) is 8.82. The van der Waals surface area contributed by atoms with Crippen molar-refractivity contribution in [3.05, 3.63) is 83.3 Å². The number of furan rings is 1. The Morgan fingerprint density at radius 3 is 2.60 bits per heavy atom. The van der Waals surface area contributed by atoms with E-state index in [1.54, 1.807) is 48.5 Å². The predicted molar refractivity (Wildman–Crippen MR) is 115 cm³/mol. The summed E-state index contributed by atoms with van der Waals surface area (Å²) in [6.07, 6.45) is 4.38. The third-order valence-electron chi connectivity index (χ3n) is 4.05. The van der Waals surface area contributed by atoms with Crippen LogP contribution in [0.3, 0.4) is 0 Å². The number of hydrogen-bond donors (Lipinski definition) is 2. The van der Waals surface area contributed by atoms with Crippen molar-refractivity contribution in [2.24, 2.45) is 0 Å². The molecule has 1 amide bonds. The minimum absolute atomic E-state index is 0.0596. The van der Waals surface area contributed by atoms with Crippen molar-refractivity contribution in [1.82, 2.24) is 4.72 Å². The van der Waals surface area contributed by atoms with Gasteiger partial charge in [-0.3, -0.25) is 4.79 Å². The van der Waals surface area contributed by atoms with Crippen molar-refractivity contribution < 1.29 is 22.4 Å². The molecule has 0 spiro atoms. The number of carbonyl (C=O) groups excluding carboxylic acids is 1. The van der Waals surface area contributed by atoms with E-state index in [1.807, 2.05) is 0 Å². The number of benzene rings is 2. The van der Waals surface area contributed by atoms with Gasteiger partial charge in [0.1, 0.15) is 11.5 Å². The van der Waals surface area contributed by atoms with Crippen LogP contribution in [0.2, 0.25) is 5.02 Å². The second-order valence-electron chi connectivity index (χ2n) is 6.14. The number of anilines is 1. The average molecular weight is 447 g/mol. The lowest BCUT2D eigenvalue weighted by atomic mass is 10.2. The van der Waals surface area contributed by atoms with Gasteiger partial charge in [-0.2, -0.15) is 0 Å². The maximum absolute atomic E-state index is 12.3. The van der Waals surface area contributed by atoms with E-state index in [4.69, 9.17) is 20.8 Å². The second kappa shape index (κ2) is 9.62. The topological polar surface area (TPSA) is 97.6 Å². The number of halogens is 1. The summed E-state index contributed by atoms with van der Waals surface area (Å²) in [5, 5.41) is 3.15. The van der Waals surface area contributed by atoms with Crippen LogP contribution in [0, 0.1) is 0 Å². The van der Waals surface area contributed by atoms with E-state index >= 15 is 0 Å². The monoisotopic (exact) mass is 446 g/mol. The fraction of sp³-hybridized carbons (Fsp3) is 0.0952. The number of amides is 1. The molecule has 2 N–H and O–H groups in total. The maximum Gasteiger partial charge on any atom is 0.248 e. The normalized spacial score (nSPS) is 11.5. The van der Waals surface area contributed by atoms with E-state index in [0.717, 1.165) is 0 Å². The lowest BCUT2D eigenvalue weighted by molar-refractivity contribution is -0.111. The lowest BCUT2D eigenvalue weighted by Crippen LogP contribution is -2.22. The van der Waals surface area contributed by atoms with Crippen LogP contribution in [-0.2, 0) is 21.4 Å². The molecule has 1 aromatic heterocycles. The molecule has 0 fully saturated rings. The molecule has 0 unspecified atom stereocenters. The van der Waals surface area contributed by atoms with Gasteiger partial charge in [-0.25, -0.2) is 13.1 Å². The van der Waals surface area contributed by atoms with E-state index in [-0.39, 0.29) is 17.3 Å². The molecule has 0 saturated heterocycles.